The fourth-order valence-electron chi connectivity index (χ4n) is 3.10. The van der Waals surface area contributed by atoms with E-state index < -0.39 is 4.92 Å². The molecule has 1 fully saturated rings. The minimum Gasteiger partial charge on any atom is -0.466 e. The predicted octanol–water partition coefficient (Wildman–Crippen LogP) is 3.82. The Hall–Kier alpha value is -2.21. The molecule has 2 rings (SSSR count). The largest absolute Gasteiger partial charge is 0.466 e. The summed E-state index contributed by atoms with van der Waals surface area (Å²) in [5.74, 6) is -0.628. The smallest absolute Gasteiger partial charge is 0.311 e. The second-order valence-corrected chi connectivity index (χ2v) is 6.16. The van der Waals surface area contributed by atoms with Crippen LogP contribution in [-0.2, 0) is 14.3 Å². The summed E-state index contributed by atoms with van der Waals surface area (Å²) in [6.45, 7) is 9.91. The number of ether oxygens (including phenoxy) is 2. The molecule has 0 spiro atoms. The average Bonchev–Trinajstić information content (AvgIpc) is 2.54. The topological polar surface area (TPSA) is 78.7 Å². The average molecular weight is 333 g/mol. The van der Waals surface area contributed by atoms with Crippen molar-refractivity contribution in [1.82, 2.24) is 0 Å². The number of non-ortho nitro benzene ring substituents is 1. The summed E-state index contributed by atoms with van der Waals surface area (Å²) in [6.07, 6.45) is 0.0283. The summed E-state index contributed by atoms with van der Waals surface area (Å²) in [5, 5.41) is 10.8. The highest BCUT2D eigenvalue weighted by Crippen LogP contribution is 2.43. The van der Waals surface area contributed by atoms with E-state index in [1.807, 2.05) is 13.8 Å². The standard InChI is InChI=1S/C18H23NO5/c1-5-23-18(20)16-10-15(11(2)3)17(24-12(16)4)13-6-8-14(9-7-13)19(21)22/h6-9,12,15-17H,2,5,10H2,1,3-4H3/t12-,15+,16+,17+/m1/s1. The van der Waals surface area contributed by atoms with Crippen molar-refractivity contribution in [3.8, 4) is 0 Å². The summed E-state index contributed by atoms with van der Waals surface area (Å²) in [6, 6.07) is 6.35. The maximum atomic E-state index is 12.1. The van der Waals surface area contributed by atoms with E-state index in [4.69, 9.17) is 9.47 Å². The molecule has 1 saturated heterocycles. The zero-order chi connectivity index (χ0) is 17.9. The predicted molar refractivity (Wildman–Crippen MR) is 89.4 cm³/mol. The third-order valence-electron chi connectivity index (χ3n) is 4.46. The molecule has 24 heavy (non-hydrogen) atoms. The molecule has 0 radical (unpaired) electrons. The van der Waals surface area contributed by atoms with Crippen LogP contribution in [0.5, 0.6) is 0 Å². The first kappa shape index (κ1) is 18.1. The first-order valence-electron chi connectivity index (χ1n) is 8.07. The highest BCUT2D eigenvalue weighted by Gasteiger charge is 2.41. The van der Waals surface area contributed by atoms with Crippen molar-refractivity contribution < 1.29 is 19.2 Å². The summed E-state index contributed by atoms with van der Waals surface area (Å²) in [5.41, 5.74) is 1.81. The number of nitro benzene ring substituents is 1. The molecule has 130 valence electrons. The van der Waals surface area contributed by atoms with Crippen molar-refractivity contribution >= 4 is 11.7 Å². The van der Waals surface area contributed by atoms with Crippen molar-refractivity contribution in [2.45, 2.75) is 39.4 Å². The van der Waals surface area contributed by atoms with E-state index in [2.05, 4.69) is 6.58 Å². The summed E-state index contributed by atoms with van der Waals surface area (Å²) >= 11 is 0. The van der Waals surface area contributed by atoms with Gasteiger partial charge < -0.3 is 9.47 Å². The molecule has 1 aromatic carbocycles. The van der Waals surface area contributed by atoms with Crippen LogP contribution in [0.3, 0.4) is 0 Å². The van der Waals surface area contributed by atoms with Crippen LogP contribution in [0, 0.1) is 22.0 Å². The van der Waals surface area contributed by atoms with E-state index in [1.54, 1.807) is 19.1 Å². The van der Waals surface area contributed by atoms with E-state index in [9.17, 15) is 14.9 Å². The molecule has 6 nitrogen and oxygen atoms in total. The van der Waals surface area contributed by atoms with E-state index >= 15 is 0 Å². The minimum atomic E-state index is -0.429. The van der Waals surface area contributed by atoms with E-state index in [0.717, 1.165) is 11.1 Å². The summed E-state index contributed by atoms with van der Waals surface area (Å²) in [4.78, 5) is 22.5. The minimum absolute atomic E-state index is 0.0406. The van der Waals surface area contributed by atoms with E-state index in [0.29, 0.717) is 13.0 Å². The van der Waals surface area contributed by atoms with Crippen LogP contribution < -0.4 is 0 Å². The van der Waals surface area contributed by atoms with Crippen molar-refractivity contribution in [2.24, 2.45) is 11.8 Å². The Labute approximate surface area is 141 Å². The molecule has 1 aliphatic heterocycles. The Bertz CT molecular complexity index is 625. The van der Waals surface area contributed by atoms with Crippen molar-refractivity contribution in [2.75, 3.05) is 6.61 Å². The molecule has 0 bridgehead atoms. The van der Waals surface area contributed by atoms with Gasteiger partial charge >= 0.3 is 5.97 Å². The van der Waals surface area contributed by atoms with Crippen LogP contribution >= 0.6 is 0 Å². The van der Waals surface area contributed by atoms with Gasteiger partial charge in [-0.05, 0) is 44.9 Å². The van der Waals surface area contributed by atoms with Crippen molar-refractivity contribution in [3.63, 3.8) is 0 Å². The summed E-state index contributed by atoms with van der Waals surface area (Å²) in [7, 11) is 0. The fourth-order valence-corrected chi connectivity index (χ4v) is 3.10. The van der Waals surface area contributed by atoms with Gasteiger partial charge in [-0.3, -0.25) is 14.9 Å². The SMILES string of the molecule is C=C(C)[C@@H]1C[C@H](C(=O)OCC)[C@@H](C)O[C@H]1c1ccc([N+](=O)[O-])cc1. The molecule has 0 saturated carbocycles. The van der Waals surface area contributed by atoms with Crippen LogP contribution in [0.1, 0.15) is 38.9 Å². The van der Waals surface area contributed by atoms with Gasteiger partial charge in [0.1, 0.15) is 0 Å². The number of nitro groups is 1. The zero-order valence-electron chi connectivity index (χ0n) is 14.2. The maximum Gasteiger partial charge on any atom is 0.311 e. The molecule has 0 amide bonds. The Balaban J connectivity index is 2.25. The number of nitrogens with zero attached hydrogens (tertiary/aromatic N) is 1. The number of hydrogen-bond donors (Lipinski definition) is 0. The fraction of sp³-hybridized carbons (Fsp3) is 0.500. The third-order valence-corrected chi connectivity index (χ3v) is 4.46. The monoisotopic (exact) mass is 333 g/mol. The molecule has 0 aliphatic carbocycles. The molecule has 6 heteroatoms. The van der Waals surface area contributed by atoms with Gasteiger partial charge in [0.25, 0.3) is 5.69 Å². The quantitative estimate of drug-likeness (QED) is 0.354. The summed E-state index contributed by atoms with van der Waals surface area (Å²) < 4.78 is 11.2. The van der Waals surface area contributed by atoms with Crippen LogP contribution in [0.2, 0.25) is 0 Å². The number of carbonyl (C=O) groups is 1. The molecule has 0 aromatic heterocycles. The molecule has 1 aliphatic rings. The molecular formula is C18H23NO5. The molecule has 0 N–H and O–H groups in total. The zero-order valence-corrected chi connectivity index (χ0v) is 14.2. The maximum absolute atomic E-state index is 12.1. The first-order chi connectivity index (χ1) is 11.3. The third kappa shape index (κ3) is 3.82. The lowest BCUT2D eigenvalue weighted by Gasteiger charge is -2.40. The number of esters is 1. The normalized spacial score (nSPS) is 26.6. The molecule has 1 heterocycles. The van der Waals surface area contributed by atoms with E-state index in [1.165, 1.54) is 12.1 Å². The van der Waals surface area contributed by atoms with Crippen LogP contribution in [0.15, 0.2) is 36.4 Å². The second kappa shape index (κ2) is 7.57. The van der Waals surface area contributed by atoms with Crippen molar-refractivity contribution in [1.29, 1.82) is 0 Å². The Morgan fingerprint density at radius 2 is 2.00 bits per heavy atom. The Kier molecular flexibility index (Phi) is 5.72. The highest BCUT2D eigenvalue weighted by atomic mass is 16.6. The number of benzene rings is 1. The Morgan fingerprint density at radius 1 is 1.38 bits per heavy atom. The highest BCUT2D eigenvalue weighted by molar-refractivity contribution is 5.73. The first-order valence-corrected chi connectivity index (χ1v) is 8.07. The number of carbonyl (C=O) groups excluding carboxylic acids is 1. The molecular weight excluding hydrogens is 310 g/mol. The molecule has 4 atom stereocenters. The van der Waals surface area contributed by atoms with Gasteiger partial charge in [0.05, 0.1) is 29.7 Å². The van der Waals surface area contributed by atoms with Gasteiger partial charge in [0, 0.05) is 18.1 Å². The molecule has 1 aromatic rings. The van der Waals surface area contributed by atoms with Gasteiger partial charge in [0.2, 0.25) is 0 Å². The molecule has 0 unspecified atom stereocenters. The van der Waals surface area contributed by atoms with Crippen LogP contribution in [0.4, 0.5) is 5.69 Å². The van der Waals surface area contributed by atoms with Crippen LogP contribution in [0.25, 0.3) is 0 Å². The van der Waals surface area contributed by atoms with Gasteiger partial charge in [-0.15, -0.1) is 0 Å². The lowest BCUT2D eigenvalue weighted by Crippen LogP contribution is -2.40. The number of hydrogen-bond acceptors (Lipinski definition) is 5. The van der Waals surface area contributed by atoms with Crippen molar-refractivity contribution in [3.05, 3.63) is 52.1 Å². The number of rotatable bonds is 5. The lowest BCUT2D eigenvalue weighted by molar-refractivity contribution is -0.384. The van der Waals surface area contributed by atoms with Gasteiger partial charge in [-0.25, -0.2) is 0 Å². The van der Waals surface area contributed by atoms with Crippen LogP contribution in [-0.4, -0.2) is 23.6 Å². The van der Waals surface area contributed by atoms with Gasteiger partial charge in [0.15, 0.2) is 0 Å². The van der Waals surface area contributed by atoms with Gasteiger partial charge in [-0.1, -0.05) is 12.2 Å². The lowest BCUT2D eigenvalue weighted by atomic mass is 9.78. The Morgan fingerprint density at radius 3 is 2.50 bits per heavy atom. The second-order valence-electron chi connectivity index (χ2n) is 6.16. The van der Waals surface area contributed by atoms with E-state index in [-0.39, 0.29) is 35.7 Å². The van der Waals surface area contributed by atoms with Gasteiger partial charge in [-0.2, -0.15) is 0 Å².